The van der Waals surface area contributed by atoms with Crippen molar-refractivity contribution in [3.8, 4) is 22.3 Å². The molecule has 0 unspecified atom stereocenters. The SMILES string of the molecule is CCCCCCCCCCCC(=O)Nc1ccc(-c2ccc(-c3ccc(NC(=O)CCCCCCCCCCC)cc3)cc2)cc1. The molecule has 3 rings (SSSR count). The fourth-order valence-corrected chi connectivity index (χ4v) is 5.99. The molecule has 0 aliphatic carbocycles. The van der Waals surface area contributed by atoms with Crippen LogP contribution in [0.25, 0.3) is 22.3 Å². The Labute approximate surface area is 280 Å². The van der Waals surface area contributed by atoms with Gasteiger partial charge in [0.1, 0.15) is 0 Å². The van der Waals surface area contributed by atoms with Crippen LogP contribution in [0.4, 0.5) is 11.4 Å². The van der Waals surface area contributed by atoms with Crippen LogP contribution >= 0.6 is 0 Å². The molecule has 0 aromatic heterocycles. The van der Waals surface area contributed by atoms with Gasteiger partial charge in [-0.1, -0.05) is 165 Å². The van der Waals surface area contributed by atoms with E-state index in [2.05, 4.69) is 73.0 Å². The molecule has 0 atom stereocenters. The first-order valence-electron chi connectivity index (χ1n) is 18.5. The Morgan fingerprint density at radius 2 is 0.609 bits per heavy atom. The molecule has 46 heavy (non-hydrogen) atoms. The maximum atomic E-state index is 12.4. The van der Waals surface area contributed by atoms with E-state index in [1.165, 1.54) is 89.9 Å². The van der Waals surface area contributed by atoms with Crippen molar-refractivity contribution in [1.29, 1.82) is 0 Å². The molecule has 0 fully saturated rings. The summed E-state index contributed by atoms with van der Waals surface area (Å²) in [6, 6.07) is 24.7. The molecule has 250 valence electrons. The van der Waals surface area contributed by atoms with Crippen LogP contribution in [0.15, 0.2) is 72.8 Å². The van der Waals surface area contributed by atoms with Crippen LogP contribution in [-0.2, 0) is 9.59 Å². The smallest absolute Gasteiger partial charge is 0.224 e. The summed E-state index contributed by atoms with van der Waals surface area (Å²) in [6.45, 7) is 4.51. The quantitative estimate of drug-likeness (QED) is 0.0974. The van der Waals surface area contributed by atoms with Gasteiger partial charge in [0.25, 0.3) is 0 Å². The molecule has 0 radical (unpaired) electrons. The summed E-state index contributed by atoms with van der Waals surface area (Å²) in [5.74, 6) is 0.203. The third-order valence-electron chi connectivity index (χ3n) is 8.90. The van der Waals surface area contributed by atoms with Gasteiger partial charge in [-0.05, 0) is 59.4 Å². The summed E-state index contributed by atoms with van der Waals surface area (Å²) < 4.78 is 0. The van der Waals surface area contributed by atoms with Gasteiger partial charge < -0.3 is 10.6 Å². The normalized spacial score (nSPS) is 11.0. The summed E-state index contributed by atoms with van der Waals surface area (Å²) >= 11 is 0. The summed E-state index contributed by atoms with van der Waals surface area (Å²) in [5, 5.41) is 6.10. The second-order valence-corrected chi connectivity index (χ2v) is 13.0. The van der Waals surface area contributed by atoms with Crippen molar-refractivity contribution in [2.45, 2.75) is 142 Å². The summed E-state index contributed by atoms with van der Waals surface area (Å²) in [7, 11) is 0. The molecule has 0 aliphatic rings. The first-order chi connectivity index (χ1) is 22.6. The van der Waals surface area contributed by atoms with Crippen molar-refractivity contribution in [3.63, 3.8) is 0 Å². The van der Waals surface area contributed by atoms with E-state index in [0.717, 1.165) is 59.3 Å². The Hall–Kier alpha value is -3.40. The highest BCUT2D eigenvalue weighted by atomic mass is 16.2. The number of amides is 2. The minimum Gasteiger partial charge on any atom is -0.326 e. The number of anilines is 2. The average molecular weight is 625 g/mol. The van der Waals surface area contributed by atoms with Crippen molar-refractivity contribution in [2.75, 3.05) is 10.6 Å². The molecule has 4 heteroatoms. The number of rotatable bonds is 24. The number of benzene rings is 3. The predicted molar refractivity (Wildman–Crippen MR) is 198 cm³/mol. The molecule has 0 saturated heterocycles. The molecular weight excluding hydrogens is 564 g/mol. The molecule has 2 amide bonds. The Morgan fingerprint density at radius 3 is 0.891 bits per heavy atom. The number of unbranched alkanes of at least 4 members (excludes halogenated alkanes) is 16. The Bertz CT molecular complexity index is 1130. The van der Waals surface area contributed by atoms with E-state index in [1.807, 2.05) is 24.3 Å². The Kier molecular flexibility index (Phi) is 18.5. The topological polar surface area (TPSA) is 58.2 Å². The third-order valence-corrected chi connectivity index (χ3v) is 8.90. The molecule has 3 aromatic carbocycles. The second kappa shape index (κ2) is 23.0. The molecule has 0 saturated carbocycles. The van der Waals surface area contributed by atoms with Crippen molar-refractivity contribution in [3.05, 3.63) is 72.8 Å². The van der Waals surface area contributed by atoms with E-state index < -0.39 is 0 Å². The summed E-state index contributed by atoms with van der Waals surface area (Å²) in [4.78, 5) is 24.8. The lowest BCUT2D eigenvalue weighted by molar-refractivity contribution is -0.117. The molecule has 0 bridgehead atoms. The number of carbonyl (C=O) groups excluding carboxylic acids is 2. The molecule has 0 aliphatic heterocycles. The fourth-order valence-electron chi connectivity index (χ4n) is 5.99. The van der Waals surface area contributed by atoms with Crippen LogP contribution in [-0.4, -0.2) is 11.8 Å². The zero-order chi connectivity index (χ0) is 32.7. The van der Waals surface area contributed by atoms with Gasteiger partial charge in [0.2, 0.25) is 11.8 Å². The molecular formula is C42H60N2O2. The standard InChI is InChI=1S/C42H60N2O2/c1-3-5-7-9-11-13-15-17-19-21-41(45)43-39-31-27-37(28-32-39)35-23-25-36(26-24-35)38-29-33-40(34-30-38)44-42(46)22-20-18-16-14-12-10-8-6-4-2/h23-34H,3-22H2,1-2H3,(H,43,45)(H,44,46). The lowest BCUT2D eigenvalue weighted by Crippen LogP contribution is -2.10. The van der Waals surface area contributed by atoms with Crippen LogP contribution in [0.2, 0.25) is 0 Å². The highest BCUT2D eigenvalue weighted by Gasteiger charge is 2.06. The minimum atomic E-state index is 0.101. The van der Waals surface area contributed by atoms with E-state index in [-0.39, 0.29) is 11.8 Å². The molecule has 3 aromatic rings. The molecule has 0 heterocycles. The van der Waals surface area contributed by atoms with Gasteiger partial charge in [-0.2, -0.15) is 0 Å². The first-order valence-corrected chi connectivity index (χ1v) is 18.5. The Morgan fingerprint density at radius 1 is 0.370 bits per heavy atom. The van der Waals surface area contributed by atoms with Gasteiger partial charge in [-0.15, -0.1) is 0 Å². The first kappa shape index (κ1) is 37.1. The average Bonchev–Trinajstić information content (AvgIpc) is 3.07. The van der Waals surface area contributed by atoms with E-state index in [4.69, 9.17) is 0 Å². The number of carbonyl (C=O) groups is 2. The number of hydrogen-bond donors (Lipinski definition) is 2. The maximum Gasteiger partial charge on any atom is 0.224 e. The second-order valence-electron chi connectivity index (χ2n) is 13.0. The van der Waals surface area contributed by atoms with Crippen LogP contribution < -0.4 is 10.6 Å². The lowest BCUT2D eigenvalue weighted by atomic mass is 10.00. The van der Waals surface area contributed by atoms with E-state index in [9.17, 15) is 9.59 Å². The van der Waals surface area contributed by atoms with Gasteiger partial charge >= 0.3 is 0 Å². The highest BCUT2D eigenvalue weighted by molar-refractivity contribution is 5.91. The zero-order valence-corrected chi connectivity index (χ0v) is 28.9. The molecule has 2 N–H and O–H groups in total. The summed E-state index contributed by atoms with van der Waals surface area (Å²) in [5.41, 5.74) is 6.21. The predicted octanol–water partition coefficient (Wildman–Crippen LogP) is 12.7. The van der Waals surface area contributed by atoms with Gasteiger partial charge in [0.05, 0.1) is 0 Å². The fraction of sp³-hybridized carbons (Fsp3) is 0.524. The van der Waals surface area contributed by atoms with Crippen LogP contribution in [0, 0.1) is 0 Å². The van der Waals surface area contributed by atoms with Crippen molar-refractivity contribution in [2.24, 2.45) is 0 Å². The monoisotopic (exact) mass is 624 g/mol. The molecule has 4 nitrogen and oxygen atoms in total. The van der Waals surface area contributed by atoms with Crippen LogP contribution in [0.1, 0.15) is 142 Å². The zero-order valence-electron chi connectivity index (χ0n) is 28.9. The van der Waals surface area contributed by atoms with E-state index in [1.54, 1.807) is 0 Å². The molecule has 0 spiro atoms. The van der Waals surface area contributed by atoms with Crippen LogP contribution in [0.5, 0.6) is 0 Å². The Balaban J connectivity index is 1.34. The van der Waals surface area contributed by atoms with Gasteiger partial charge in [0, 0.05) is 24.2 Å². The summed E-state index contributed by atoms with van der Waals surface area (Å²) in [6.07, 6.45) is 23.8. The number of hydrogen-bond acceptors (Lipinski definition) is 2. The van der Waals surface area contributed by atoms with E-state index >= 15 is 0 Å². The van der Waals surface area contributed by atoms with Gasteiger partial charge in [-0.3, -0.25) is 9.59 Å². The van der Waals surface area contributed by atoms with Gasteiger partial charge in [0.15, 0.2) is 0 Å². The number of nitrogens with one attached hydrogen (secondary N) is 2. The third kappa shape index (κ3) is 15.3. The highest BCUT2D eigenvalue weighted by Crippen LogP contribution is 2.27. The van der Waals surface area contributed by atoms with Crippen molar-refractivity contribution < 1.29 is 9.59 Å². The van der Waals surface area contributed by atoms with Crippen molar-refractivity contribution >= 4 is 23.2 Å². The largest absolute Gasteiger partial charge is 0.326 e. The lowest BCUT2D eigenvalue weighted by Gasteiger charge is -2.09. The maximum absolute atomic E-state index is 12.4. The van der Waals surface area contributed by atoms with Crippen LogP contribution in [0.3, 0.4) is 0 Å². The minimum absolute atomic E-state index is 0.101. The van der Waals surface area contributed by atoms with Gasteiger partial charge in [-0.25, -0.2) is 0 Å². The van der Waals surface area contributed by atoms with Crippen molar-refractivity contribution in [1.82, 2.24) is 0 Å². The van der Waals surface area contributed by atoms with E-state index in [0.29, 0.717) is 12.8 Å².